The number of hydrogen-bond donors (Lipinski definition) is 1. The third-order valence-corrected chi connectivity index (χ3v) is 2.92. The SMILES string of the molecule is CCNc1cncc(C(=O)N(CC)c2ccccc2F)n1. The van der Waals surface area contributed by atoms with Gasteiger partial charge in [-0.05, 0) is 26.0 Å². The highest BCUT2D eigenvalue weighted by atomic mass is 19.1. The van der Waals surface area contributed by atoms with E-state index in [1.54, 1.807) is 31.3 Å². The van der Waals surface area contributed by atoms with Gasteiger partial charge in [0.15, 0.2) is 0 Å². The lowest BCUT2D eigenvalue weighted by Gasteiger charge is -2.21. The van der Waals surface area contributed by atoms with Crippen molar-refractivity contribution in [3.8, 4) is 0 Å². The molecule has 0 saturated heterocycles. The Morgan fingerprint density at radius 2 is 2.05 bits per heavy atom. The Labute approximate surface area is 122 Å². The van der Waals surface area contributed by atoms with Crippen LogP contribution in [0.3, 0.4) is 0 Å². The molecule has 0 atom stereocenters. The highest BCUT2D eigenvalue weighted by Gasteiger charge is 2.20. The Bertz CT molecular complexity index is 633. The summed E-state index contributed by atoms with van der Waals surface area (Å²) in [5.41, 5.74) is 0.416. The van der Waals surface area contributed by atoms with Gasteiger partial charge in [0, 0.05) is 13.1 Å². The number of halogens is 1. The zero-order valence-corrected chi connectivity index (χ0v) is 12.0. The highest BCUT2D eigenvalue weighted by Crippen LogP contribution is 2.20. The molecule has 2 rings (SSSR count). The molecule has 0 aliphatic heterocycles. The molecule has 1 aromatic heterocycles. The maximum atomic E-state index is 13.9. The van der Waals surface area contributed by atoms with Gasteiger partial charge in [0.25, 0.3) is 5.91 Å². The average molecular weight is 288 g/mol. The van der Waals surface area contributed by atoms with Gasteiger partial charge in [-0.1, -0.05) is 12.1 Å². The van der Waals surface area contributed by atoms with Crippen LogP contribution in [0.15, 0.2) is 36.7 Å². The van der Waals surface area contributed by atoms with Crippen LogP contribution < -0.4 is 10.2 Å². The molecule has 0 fully saturated rings. The summed E-state index contributed by atoms with van der Waals surface area (Å²) in [6.07, 6.45) is 2.92. The van der Waals surface area contributed by atoms with Gasteiger partial charge in [-0.2, -0.15) is 0 Å². The molecule has 0 spiro atoms. The Kier molecular flexibility index (Phi) is 4.81. The Balaban J connectivity index is 2.32. The van der Waals surface area contributed by atoms with E-state index < -0.39 is 5.82 Å². The number of nitrogens with one attached hydrogen (secondary N) is 1. The molecular formula is C15H17FN4O. The standard InChI is InChI=1S/C15H17FN4O/c1-3-18-14-10-17-9-12(19-14)15(21)20(4-2)13-8-6-5-7-11(13)16/h5-10H,3-4H2,1-2H3,(H,18,19). The van der Waals surface area contributed by atoms with E-state index in [0.29, 0.717) is 18.9 Å². The van der Waals surface area contributed by atoms with Gasteiger partial charge >= 0.3 is 0 Å². The topological polar surface area (TPSA) is 58.1 Å². The van der Waals surface area contributed by atoms with Gasteiger partial charge in [-0.25, -0.2) is 9.37 Å². The molecule has 0 saturated carbocycles. The molecule has 5 nitrogen and oxygen atoms in total. The largest absolute Gasteiger partial charge is 0.369 e. The van der Waals surface area contributed by atoms with Gasteiger partial charge < -0.3 is 10.2 Å². The van der Waals surface area contributed by atoms with E-state index in [9.17, 15) is 9.18 Å². The van der Waals surface area contributed by atoms with E-state index in [-0.39, 0.29) is 17.3 Å². The second-order valence-corrected chi connectivity index (χ2v) is 4.32. The molecule has 1 aromatic carbocycles. The van der Waals surface area contributed by atoms with Crippen molar-refractivity contribution in [3.63, 3.8) is 0 Å². The van der Waals surface area contributed by atoms with Crippen molar-refractivity contribution < 1.29 is 9.18 Å². The van der Waals surface area contributed by atoms with E-state index in [4.69, 9.17) is 0 Å². The zero-order chi connectivity index (χ0) is 15.2. The average Bonchev–Trinajstić information content (AvgIpc) is 2.50. The minimum absolute atomic E-state index is 0.179. The summed E-state index contributed by atoms with van der Waals surface area (Å²) in [6, 6.07) is 6.17. The summed E-state index contributed by atoms with van der Waals surface area (Å²) >= 11 is 0. The molecule has 0 bridgehead atoms. The maximum absolute atomic E-state index is 13.9. The third-order valence-electron chi connectivity index (χ3n) is 2.92. The molecule has 1 amide bonds. The lowest BCUT2D eigenvalue weighted by atomic mass is 10.2. The van der Waals surface area contributed by atoms with Crippen molar-refractivity contribution in [2.75, 3.05) is 23.3 Å². The van der Waals surface area contributed by atoms with Crippen molar-refractivity contribution in [1.29, 1.82) is 0 Å². The Hall–Kier alpha value is -2.50. The lowest BCUT2D eigenvalue weighted by Crippen LogP contribution is -2.32. The van der Waals surface area contributed by atoms with Gasteiger partial charge in [0.1, 0.15) is 17.3 Å². The van der Waals surface area contributed by atoms with E-state index >= 15 is 0 Å². The number of para-hydroxylation sites is 1. The van der Waals surface area contributed by atoms with Crippen molar-refractivity contribution in [2.24, 2.45) is 0 Å². The summed E-state index contributed by atoms with van der Waals surface area (Å²) in [5, 5.41) is 2.99. The first-order valence-electron chi connectivity index (χ1n) is 6.79. The predicted molar refractivity (Wildman–Crippen MR) is 79.9 cm³/mol. The Morgan fingerprint density at radius 1 is 1.29 bits per heavy atom. The second-order valence-electron chi connectivity index (χ2n) is 4.32. The zero-order valence-electron chi connectivity index (χ0n) is 12.0. The normalized spacial score (nSPS) is 10.2. The number of amides is 1. The van der Waals surface area contributed by atoms with Gasteiger partial charge in [0.2, 0.25) is 0 Å². The van der Waals surface area contributed by atoms with Crippen LogP contribution in [0, 0.1) is 5.82 Å². The molecular weight excluding hydrogens is 271 g/mol. The van der Waals surface area contributed by atoms with Crippen molar-refractivity contribution in [2.45, 2.75) is 13.8 Å². The minimum Gasteiger partial charge on any atom is -0.369 e. The lowest BCUT2D eigenvalue weighted by molar-refractivity contribution is 0.0982. The van der Waals surface area contributed by atoms with Crippen LogP contribution in [0.4, 0.5) is 15.9 Å². The van der Waals surface area contributed by atoms with Crippen LogP contribution in [0.2, 0.25) is 0 Å². The monoisotopic (exact) mass is 288 g/mol. The van der Waals surface area contributed by atoms with Crippen LogP contribution in [0.25, 0.3) is 0 Å². The fraction of sp³-hybridized carbons (Fsp3) is 0.267. The number of carbonyl (C=O) groups is 1. The molecule has 0 aliphatic rings. The molecule has 0 aliphatic carbocycles. The van der Waals surface area contributed by atoms with Crippen LogP contribution >= 0.6 is 0 Å². The van der Waals surface area contributed by atoms with Gasteiger partial charge in [-0.15, -0.1) is 0 Å². The molecule has 1 N–H and O–H groups in total. The minimum atomic E-state index is -0.441. The molecule has 21 heavy (non-hydrogen) atoms. The molecule has 1 heterocycles. The quantitative estimate of drug-likeness (QED) is 0.919. The van der Waals surface area contributed by atoms with Crippen LogP contribution in [-0.4, -0.2) is 29.0 Å². The number of nitrogens with zero attached hydrogens (tertiary/aromatic N) is 3. The van der Waals surface area contributed by atoms with Gasteiger partial charge in [-0.3, -0.25) is 9.78 Å². The van der Waals surface area contributed by atoms with E-state index in [1.165, 1.54) is 17.2 Å². The predicted octanol–water partition coefficient (Wildman–Crippen LogP) is 2.71. The summed E-state index contributed by atoms with van der Waals surface area (Å²) in [5.74, 6) is -0.300. The van der Waals surface area contributed by atoms with Crippen molar-refractivity contribution in [3.05, 3.63) is 48.2 Å². The molecule has 6 heteroatoms. The van der Waals surface area contributed by atoms with Crippen LogP contribution in [0.5, 0.6) is 0 Å². The smallest absolute Gasteiger partial charge is 0.278 e. The van der Waals surface area contributed by atoms with Crippen LogP contribution in [0.1, 0.15) is 24.3 Å². The number of rotatable bonds is 5. The van der Waals surface area contributed by atoms with Crippen molar-refractivity contribution in [1.82, 2.24) is 9.97 Å². The maximum Gasteiger partial charge on any atom is 0.278 e. The summed E-state index contributed by atoms with van der Waals surface area (Å²) in [4.78, 5) is 22.0. The second kappa shape index (κ2) is 6.78. The van der Waals surface area contributed by atoms with Gasteiger partial charge in [0.05, 0.1) is 18.1 Å². The number of hydrogen-bond acceptors (Lipinski definition) is 4. The molecule has 2 aromatic rings. The highest BCUT2D eigenvalue weighted by molar-refractivity contribution is 6.04. The van der Waals surface area contributed by atoms with E-state index in [1.807, 2.05) is 6.92 Å². The molecule has 0 radical (unpaired) electrons. The number of carbonyl (C=O) groups excluding carboxylic acids is 1. The summed E-state index contributed by atoms with van der Waals surface area (Å²) in [7, 11) is 0. The molecule has 110 valence electrons. The van der Waals surface area contributed by atoms with Crippen LogP contribution in [-0.2, 0) is 0 Å². The van der Waals surface area contributed by atoms with E-state index in [2.05, 4.69) is 15.3 Å². The fourth-order valence-electron chi connectivity index (χ4n) is 1.97. The fourth-order valence-corrected chi connectivity index (χ4v) is 1.97. The summed E-state index contributed by atoms with van der Waals surface area (Å²) in [6.45, 7) is 4.73. The first kappa shape index (κ1) is 14.9. The third kappa shape index (κ3) is 3.34. The van der Waals surface area contributed by atoms with E-state index in [0.717, 1.165) is 0 Å². The number of anilines is 2. The number of benzene rings is 1. The summed E-state index contributed by atoms with van der Waals surface area (Å²) < 4.78 is 13.9. The van der Waals surface area contributed by atoms with Crippen molar-refractivity contribution >= 4 is 17.4 Å². The number of aromatic nitrogens is 2. The first-order valence-corrected chi connectivity index (χ1v) is 6.79. The Morgan fingerprint density at radius 3 is 2.71 bits per heavy atom. The first-order chi connectivity index (χ1) is 10.2. The molecule has 0 unspecified atom stereocenters.